The van der Waals surface area contributed by atoms with E-state index in [1.807, 2.05) is 0 Å². The Morgan fingerprint density at radius 3 is 2.56 bits per heavy atom. The lowest BCUT2D eigenvalue weighted by molar-refractivity contribution is 0.218. The molecule has 0 aliphatic rings. The molecule has 16 heavy (non-hydrogen) atoms. The Morgan fingerprint density at radius 1 is 1.25 bits per heavy atom. The van der Waals surface area contributed by atoms with Gasteiger partial charge in [-0.05, 0) is 33.4 Å². The molecule has 0 radical (unpaired) electrons. The summed E-state index contributed by atoms with van der Waals surface area (Å²) in [5.74, 6) is -1.40. The van der Waals surface area contributed by atoms with E-state index in [1.165, 1.54) is 17.4 Å². The standard InChI is InChI=1S/C11H7BrF2OS/c12-8-3-4-16-11(8)10(15)7-2-1-6(13)5-9(7)14/h1-5,10,15H. The van der Waals surface area contributed by atoms with E-state index in [1.54, 1.807) is 11.4 Å². The molecule has 1 N–H and O–H groups in total. The molecule has 0 saturated heterocycles. The maximum atomic E-state index is 13.4. The van der Waals surface area contributed by atoms with Crippen molar-refractivity contribution in [3.8, 4) is 0 Å². The van der Waals surface area contributed by atoms with E-state index in [9.17, 15) is 13.9 Å². The maximum Gasteiger partial charge on any atom is 0.132 e. The number of halogens is 3. The van der Waals surface area contributed by atoms with Crippen LogP contribution < -0.4 is 0 Å². The minimum absolute atomic E-state index is 0.0737. The molecule has 0 aliphatic carbocycles. The van der Waals surface area contributed by atoms with E-state index in [-0.39, 0.29) is 5.56 Å². The van der Waals surface area contributed by atoms with Crippen molar-refractivity contribution in [2.24, 2.45) is 0 Å². The molecule has 2 rings (SSSR count). The van der Waals surface area contributed by atoms with Gasteiger partial charge in [-0.1, -0.05) is 6.07 Å². The van der Waals surface area contributed by atoms with Crippen molar-refractivity contribution in [2.45, 2.75) is 6.10 Å². The van der Waals surface area contributed by atoms with Crippen molar-refractivity contribution in [1.29, 1.82) is 0 Å². The Hall–Kier alpha value is -0.780. The molecule has 0 fully saturated rings. The summed E-state index contributed by atoms with van der Waals surface area (Å²) in [4.78, 5) is 0.602. The lowest BCUT2D eigenvalue weighted by atomic mass is 10.1. The molecule has 1 atom stereocenters. The molecule has 1 nitrogen and oxygen atoms in total. The third-order valence-corrected chi connectivity index (χ3v) is 4.07. The van der Waals surface area contributed by atoms with Crippen LogP contribution >= 0.6 is 27.3 Å². The molecule has 1 aromatic heterocycles. The van der Waals surface area contributed by atoms with Gasteiger partial charge in [-0.3, -0.25) is 0 Å². The number of hydrogen-bond donors (Lipinski definition) is 1. The molecule has 0 saturated carbocycles. The number of hydrogen-bond acceptors (Lipinski definition) is 2. The fraction of sp³-hybridized carbons (Fsp3) is 0.0909. The molecule has 84 valence electrons. The summed E-state index contributed by atoms with van der Waals surface area (Å²) in [6.45, 7) is 0. The topological polar surface area (TPSA) is 20.2 Å². The molecule has 5 heteroatoms. The summed E-state index contributed by atoms with van der Waals surface area (Å²) in [5.41, 5.74) is 0.0737. The van der Waals surface area contributed by atoms with E-state index < -0.39 is 17.7 Å². The third kappa shape index (κ3) is 2.16. The summed E-state index contributed by atoms with van der Waals surface area (Å²) >= 11 is 4.57. The first-order valence-corrected chi connectivity index (χ1v) is 6.13. The average Bonchev–Trinajstić information content (AvgIpc) is 2.63. The Balaban J connectivity index is 2.41. The molecule has 0 bridgehead atoms. The number of rotatable bonds is 2. The first-order valence-electron chi connectivity index (χ1n) is 4.45. The van der Waals surface area contributed by atoms with Crippen LogP contribution in [0.4, 0.5) is 8.78 Å². The second-order valence-electron chi connectivity index (χ2n) is 3.20. The highest BCUT2D eigenvalue weighted by Gasteiger charge is 2.18. The van der Waals surface area contributed by atoms with Crippen LogP contribution in [0, 0.1) is 11.6 Å². The van der Waals surface area contributed by atoms with Crippen LogP contribution in [0.1, 0.15) is 16.5 Å². The van der Waals surface area contributed by atoms with E-state index in [0.717, 1.165) is 12.1 Å². The van der Waals surface area contributed by atoms with Crippen LogP contribution in [0.5, 0.6) is 0 Å². The minimum Gasteiger partial charge on any atom is -0.383 e. The van der Waals surface area contributed by atoms with Crippen LogP contribution in [-0.2, 0) is 0 Å². The predicted octanol–water partition coefficient (Wildman–Crippen LogP) is 3.87. The molecule has 1 unspecified atom stereocenters. The van der Waals surface area contributed by atoms with Gasteiger partial charge in [-0.25, -0.2) is 8.78 Å². The molecular weight excluding hydrogens is 298 g/mol. The molecule has 1 aromatic carbocycles. The SMILES string of the molecule is OC(c1ccc(F)cc1F)c1sccc1Br. The summed E-state index contributed by atoms with van der Waals surface area (Å²) in [7, 11) is 0. The van der Waals surface area contributed by atoms with E-state index in [0.29, 0.717) is 9.35 Å². The van der Waals surface area contributed by atoms with Crippen molar-refractivity contribution >= 4 is 27.3 Å². The Morgan fingerprint density at radius 2 is 2.00 bits per heavy atom. The van der Waals surface area contributed by atoms with Gasteiger partial charge in [0, 0.05) is 16.1 Å². The Labute approximate surface area is 103 Å². The Bertz CT molecular complexity index is 512. The average molecular weight is 305 g/mol. The smallest absolute Gasteiger partial charge is 0.132 e. The van der Waals surface area contributed by atoms with Crippen LogP contribution in [0.25, 0.3) is 0 Å². The molecule has 1 heterocycles. The quantitative estimate of drug-likeness (QED) is 0.893. The van der Waals surface area contributed by atoms with Gasteiger partial charge in [-0.15, -0.1) is 11.3 Å². The second-order valence-corrected chi connectivity index (χ2v) is 5.00. The largest absolute Gasteiger partial charge is 0.383 e. The van der Waals surface area contributed by atoms with Gasteiger partial charge in [0.2, 0.25) is 0 Å². The zero-order chi connectivity index (χ0) is 11.7. The van der Waals surface area contributed by atoms with Gasteiger partial charge >= 0.3 is 0 Å². The van der Waals surface area contributed by atoms with Gasteiger partial charge in [0.05, 0.1) is 4.88 Å². The fourth-order valence-electron chi connectivity index (χ4n) is 1.37. The van der Waals surface area contributed by atoms with Gasteiger partial charge in [-0.2, -0.15) is 0 Å². The number of benzene rings is 1. The lowest BCUT2D eigenvalue weighted by Crippen LogP contribution is -2.01. The zero-order valence-electron chi connectivity index (χ0n) is 7.95. The highest BCUT2D eigenvalue weighted by molar-refractivity contribution is 9.10. The second kappa shape index (κ2) is 4.61. The normalized spacial score (nSPS) is 12.8. The zero-order valence-corrected chi connectivity index (χ0v) is 10.4. The maximum absolute atomic E-state index is 13.4. The van der Waals surface area contributed by atoms with E-state index in [4.69, 9.17) is 0 Å². The van der Waals surface area contributed by atoms with Crippen molar-refractivity contribution < 1.29 is 13.9 Å². The van der Waals surface area contributed by atoms with Gasteiger partial charge < -0.3 is 5.11 Å². The minimum atomic E-state index is -1.07. The van der Waals surface area contributed by atoms with Gasteiger partial charge in [0.1, 0.15) is 17.7 Å². The number of aliphatic hydroxyl groups is 1. The van der Waals surface area contributed by atoms with Crippen LogP contribution in [0.15, 0.2) is 34.1 Å². The van der Waals surface area contributed by atoms with Crippen molar-refractivity contribution in [3.05, 3.63) is 56.2 Å². The van der Waals surface area contributed by atoms with Gasteiger partial charge in [0.25, 0.3) is 0 Å². The highest BCUT2D eigenvalue weighted by atomic mass is 79.9. The molecule has 0 amide bonds. The molecular formula is C11H7BrF2OS. The first kappa shape index (κ1) is 11.7. The third-order valence-electron chi connectivity index (χ3n) is 2.15. The molecule has 0 spiro atoms. The predicted molar refractivity (Wildman–Crippen MR) is 62.4 cm³/mol. The van der Waals surface area contributed by atoms with Crippen molar-refractivity contribution in [3.63, 3.8) is 0 Å². The fourth-order valence-corrected chi connectivity index (χ4v) is 2.96. The van der Waals surface area contributed by atoms with E-state index in [2.05, 4.69) is 15.9 Å². The van der Waals surface area contributed by atoms with E-state index >= 15 is 0 Å². The summed E-state index contributed by atoms with van der Waals surface area (Å²) in [6, 6.07) is 4.91. The number of aliphatic hydroxyl groups excluding tert-OH is 1. The van der Waals surface area contributed by atoms with Crippen LogP contribution in [0.2, 0.25) is 0 Å². The molecule has 2 aromatic rings. The van der Waals surface area contributed by atoms with Crippen molar-refractivity contribution in [2.75, 3.05) is 0 Å². The molecule has 0 aliphatic heterocycles. The summed E-state index contributed by atoms with van der Waals surface area (Å²) in [6.07, 6.45) is -1.07. The highest BCUT2D eigenvalue weighted by Crippen LogP contribution is 2.34. The number of thiophene rings is 1. The van der Waals surface area contributed by atoms with Crippen LogP contribution in [0.3, 0.4) is 0 Å². The lowest BCUT2D eigenvalue weighted by Gasteiger charge is -2.10. The first-order chi connectivity index (χ1) is 7.59. The summed E-state index contributed by atoms with van der Waals surface area (Å²) < 4.78 is 26.8. The van der Waals surface area contributed by atoms with Gasteiger partial charge in [0.15, 0.2) is 0 Å². The monoisotopic (exact) mass is 304 g/mol. The van der Waals surface area contributed by atoms with Crippen molar-refractivity contribution in [1.82, 2.24) is 0 Å². The summed E-state index contributed by atoms with van der Waals surface area (Å²) in [5, 5.41) is 11.7. The van der Waals surface area contributed by atoms with Crippen LogP contribution in [-0.4, -0.2) is 5.11 Å². The Kier molecular flexibility index (Phi) is 3.37.